The molecule has 0 N–H and O–H groups in total. The molecule has 0 heterocycles. The van der Waals surface area contributed by atoms with Crippen LogP contribution in [0.15, 0.2) is 30.3 Å². The maximum absolute atomic E-state index is 5.59. The average molecular weight is 222 g/mol. The van der Waals surface area contributed by atoms with E-state index in [2.05, 4.69) is 26.0 Å². The molecule has 1 rings (SSSR count). The van der Waals surface area contributed by atoms with Crippen LogP contribution in [-0.4, -0.2) is 12.9 Å². The van der Waals surface area contributed by atoms with Gasteiger partial charge in [0.1, 0.15) is 0 Å². The molecule has 1 unspecified atom stereocenters. The van der Waals surface area contributed by atoms with Gasteiger partial charge in [0.2, 0.25) is 0 Å². The molecule has 90 valence electrons. The van der Waals surface area contributed by atoms with Crippen molar-refractivity contribution >= 4 is 0 Å². The van der Waals surface area contributed by atoms with E-state index >= 15 is 0 Å². The van der Waals surface area contributed by atoms with Crippen LogP contribution in [0.25, 0.3) is 0 Å². The Kier molecular flexibility index (Phi) is 6.12. The van der Waals surface area contributed by atoms with Crippen LogP contribution < -0.4 is 0 Å². The quantitative estimate of drug-likeness (QED) is 0.656. The van der Waals surface area contributed by atoms with Crippen LogP contribution in [0.1, 0.15) is 32.8 Å². The third-order valence-corrected chi connectivity index (χ3v) is 2.38. The summed E-state index contributed by atoms with van der Waals surface area (Å²) in [6.07, 6.45) is 0.956. The minimum absolute atomic E-state index is 0.126. The molecule has 1 aromatic rings. The second-order valence-corrected chi connectivity index (χ2v) is 4.42. The SMILES string of the molecule is CC(C)CCOC(C)OCc1ccccc1. The van der Waals surface area contributed by atoms with Crippen molar-refractivity contribution in [3.8, 4) is 0 Å². The Balaban J connectivity index is 2.13. The molecule has 0 aromatic heterocycles. The zero-order valence-corrected chi connectivity index (χ0v) is 10.5. The summed E-state index contributed by atoms with van der Waals surface area (Å²) in [5.41, 5.74) is 1.18. The molecule has 0 bridgehead atoms. The lowest BCUT2D eigenvalue weighted by molar-refractivity contribution is -0.139. The van der Waals surface area contributed by atoms with Gasteiger partial charge in [0.05, 0.1) is 6.61 Å². The summed E-state index contributed by atoms with van der Waals surface area (Å²) < 4.78 is 11.1. The Morgan fingerprint density at radius 1 is 1.00 bits per heavy atom. The van der Waals surface area contributed by atoms with Gasteiger partial charge in [-0.3, -0.25) is 0 Å². The first-order chi connectivity index (χ1) is 7.68. The summed E-state index contributed by atoms with van der Waals surface area (Å²) in [6, 6.07) is 10.2. The number of benzene rings is 1. The summed E-state index contributed by atoms with van der Waals surface area (Å²) in [4.78, 5) is 0. The Hall–Kier alpha value is -0.860. The van der Waals surface area contributed by atoms with Gasteiger partial charge in [0.25, 0.3) is 0 Å². The van der Waals surface area contributed by atoms with Crippen molar-refractivity contribution in [3.63, 3.8) is 0 Å². The fourth-order valence-corrected chi connectivity index (χ4v) is 1.31. The zero-order chi connectivity index (χ0) is 11.8. The van der Waals surface area contributed by atoms with Gasteiger partial charge in [-0.2, -0.15) is 0 Å². The third-order valence-electron chi connectivity index (χ3n) is 2.38. The fourth-order valence-electron chi connectivity index (χ4n) is 1.31. The van der Waals surface area contributed by atoms with Crippen molar-refractivity contribution in [2.24, 2.45) is 5.92 Å². The van der Waals surface area contributed by atoms with E-state index in [1.54, 1.807) is 0 Å². The molecule has 1 atom stereocenters. The highest BCUT2D eigenvalue weighted by atomic mass is 16.7. The number of ether oxygens (including phenoxy) is 2. The lowest BCUT2D eigenvalue weighted by Crippen LogP contribution is -2.14. The highest BCUT2D eigenvalue weighted by molar-refractivity contribution is 5.13. The molecule has 2 nitrogen and oxygen atoms in total. The zero-order valence-electron chi connectivity index (χ0n) is 10.5. The molecule has 0 fully saturated rings. The summed E-state index contributed by atoms with van der Waals surface area (Å²) in [5.74, 6) is 0.682. The van der Waals surface area contributed by atoms with E-state index in [0.717, 1.165) is 13.0 Å². The second-order valence-electron chi connectivity index (χ2n) is 4.42. The van der Waals surface area contributed by atoms with Crippen molar-refractivity contribution in [1.82, 2.24) is 0 Å². The van der Waals surface area contributed by atoms with E-state index in [-0.39, 0.29) is 6.29 Å². The van der Waals surface area contributed by atoms with E-state index in [0.29, 0.717) is 12.5 Å². The van der Waals surface area contributed by atoms with Gasteiger partial charge >= 0.3 is 0 Å². The standard InChI is InChI=1S/C14H22O2/c1-12(2)9-10-15-13(3)16-11-14-7-5-4-6-8-14/h4-8,12-13H,9-11H2,1-3H3. The van der Waals surface area contributed by atoms with Gasteiger partial charge in [0.15, 0.2) is 6.29 Å². The monoisotopic (exact) mass is 222 g/mol. The second kappa shape index (κ2) is 7.42. The van der Waals surface area contributed by atoms with Crippen LogP contribution in [0.4, 0.5) is 0 Å². The van der Waals surface area contributed by atoms with Gasteiger partial charge in [-0.1, -0.05) is 44.2 Å². The highest BCUT2D eigenvalue weighted by Gasteiger charge is 2.03. The van der Waals surface area contributed by atoms with Crippen LogP contribution >= 0.6 is 0 Å². The van der Waals surface area contributed by atoms with E-state index in [1.807, 2.05) is 25.1 Å². The van der Waals surface area contributed by atoms with Gasteiger partial charge < -0.3 is 9.47 Å². The van der Waals surface area contributed by atoms with Crippen molar-refractivity contribution in [3.05, 3.63) is 35.9 Å². The molecule has 0 spiro atoms. The first kappa shape index (κ1) is 13.2. The lowest BCUT2D eigenvalue weighted by atomic mass is 10.1. The third kappa shape index (κ3) is 5.89. The summed E-state index contributed by atoms with van der Waals surface area (Å²) in [7, 11) is 0. The largest absolute Gasteiger partial charge is 0.353 e. The van der Waals surface area contributed by atoms with Gasteiger partial charge in [0, 0.05) is 6.61 Å². The van der Waals surface area contributed by atoms with Gasteiger partial charge in [-0.05, 0) is 24.8 Å². The van der Waals surface area contributed by atoms with Crippen LogP contribution in [0.3, 0.4) is 0 Å². The molecular formula is C14H22O2. The predicted molar refractivity (Wildman–Crippen MR) is 66.1 cm³/mol. The topological polar surface area (TPSA) is 18.5 Å². The van der Waals surface area contributed by atoms with E-state index in [9.17, 15) is 0 Å². The molecular weight excluding hydrogens is 200 g/mol. The molecule has 0 saturated heterocycles. The molecule has 16 heavy (non-hydrogen) atoms. The number of hydrogen-bond donors (Lipinski definition) is 0. The molecule has 1 aromatic carbocycles. The maximum atomic E-state index is 5.59. The molecule has 0 saturated carbocycles. The van der Waals surface area contributed by atoms with Crippen molar-refractivity contribution < 1.29 is 9.47 Å². The number of hydrogen-bond acceptors (Lipinski definition) is 2. The lowest BCUT2D eigenvalue weighted by Gasteiger charge is -2.14. The van der Waals surface area contributed by atoms with Crippen LogP contribution in [-0.2, 0) is 16.1 Å². The first-order valence-corrected chi connectivity index (χ1v) is 5.95. The molecule has 0 aliphatic rings. The minimum atomic E-state index is -0.126. The Morgan fingerprint density at radius 2 is 1.69 bits per heavy atom. The van der Waals surface area contributed by atoms with E-state index in [1.165, 1.54) is 5.56 Å². The Bertz CT molecular complexity index is 269. The highest BCUT2D eigenvalue weighted by Crippen LogP contribution is 2.06. The molecule has 0 amide bonds. The molecule has 0 aliphatic carbocycles. The van der Waals surface area contributed by atoms with Crippen LogP contribution in [0.2, 0.25) is 0 Å². The van der Waals surface area contributed by atoms with E-state index < -0.39 is 0 Å². The summed E-state index contributed by atoms with van der Waals surface area (Å²) in [6.45, 7) is 7.72. The minimum Gasteiger partial charge on any atom is -0.353 e. The number of rotatable bonds is 7. The van der Waals surface area contributed by atoms with Crippen LogP contribution in [0.5, 0.6) is 0 Å². The average Bonchev–Trinajstić information content (AvgIpc) is 2.27. The van der Waals surface area contributed by atoms with Crippen molar-refractivity contribution in [2.45, 2.75) is 40.1 Å². The summed E-state index contributed by atoms with van der Waals surface area (Å²) >= 11 is 0. The Labute approximate surface area is 98.6 Å². The predicted octanol–water partition coefficient (Wildman–Crippen LogP) is 3.61. The Morgan fingerprint density at radius 3 is 2.31 bits per heavy atom. The molecule has 2 heteroatoms. The van der Waals surface area contributed by atoms with Crippen molar-refractivity contribution in [2.75, 3.05) is 6.61 Å². The van der Waals surface area contributed by atoms with Crippen LogP contribution in [0, 0.1) is 5.92 Å². The van der Waals surface area contributed by atoms with Crippen molar-refractivity contribution in [1.29, 1.82) is 0 Å². The summed E-state index contributed by atoms with van der Waals surface area (Å²) in [5, 5.41) is 0. The first-order valence-electron chi connectivity index (χ1n) is 5.95. The van der Waals surface area contributed by atoms with E-state index in [4.69, 9.17) is 9.47 Å². The molecule has 0 aliphatic heterocycles. The maximum Gasteiger partial charge on any atom is 0.155 e. The van der Waals surface area contributed by atoms with Gasteiger partial charge in [-0.25, -0.2) is 0 Å². The smallest absolute Gasteiger partial charge is 0.155 e. The van der Waals surface area contributed by atoms with Gasteiger partial charge in [-0.15, -0.1) is 0 Å². The molecule has 0 radical (unpaired) electrons. The fraction of sp³-hybridized carbons (Fsp3) is 0.571. The normalized spacial score (nSPS) is 13.0.